The van der Waals surface area contributed by atoms with Crippen LogP contribution in [0.2, 0.25) is 0 Å². The summed E-state index contributed by atoms with van der Waals surface area (Å²) in [5.41, 5.74) is 4.58. The van der Waals surface area contributed by atoms with Crippen molar-refractivity contribution < 1.29 is 9.90 Å². The summed E-state index contributed by atoms with van der Waals surface area (Å²) >= 11 is 0. The zero-order chi connectivity index (χ0) is 5.86. The van der Waals surface area contributed by atoms with Gasteiger partial charge in [0.25, 0.3) is 5.91 Å². The number of rotatable bonds is 2. The Morgan fingerprint density at radius 1 is 2.00 bits per heavy atom. The average molecular weight is 122 g/mol. The molecule has 0 aliphatic heterocycles. The van der Waals surface area contributed by atoms with E-state index >= 15 is 0 Å². The Hall–Kier alpha value is -0.180. The molecule has 0 fully saturated rings. The third-order valence-electron chi connectivity index (χ3n) is 0.427. The summed E-state index contributed by atoms with van der Waals surface area (Å²) in [4.78, 5) is 9.83. The molecule has 1 amide bonds. The predicted octanol–water partition coefficient (Wildman–Crippen LogP) is -1.83. The van der Waals surface area contributed by atoms with Crippen molar-refractivity contribution in [1.82, 2.24) is 5.09 Å². The van der Waals surface area contributed by atoms with E-state index in [1.165, 1.54) is 0 Å². The van der Waals surface area contributed by atoms with Crippen molar-refractivity contribution in [2.24, 2.45) is 5.73 Å². The lowest BCUT2D eigenvalue weighted by atomic mass is 10.6. The minimum Gasteiger partial charge on any atom is -0.370 e. The molecule has 42 valence electrons. The number of hydrogen-bond acceptors (Lipinski definition) is 3. The minimum atomic E-state index is -1.25. The third kappa shape index (κ3) is 2.51. The van der Waals surface area contributed by atoms with Gasteiger partial charge < -0.3 is 10.8 Å². The van der Waals surface area contributed by atoms with E-state index in [0.717, 1.165) is 0 Å². The topological polar surface area (TPSA) is 75.4 Å². The fourth-order valence-corrected chi connectivity index (χ4v) is 0.246. The molecule has 0 saturated heterocycles. The first-order valence-electron chi connectivity index (χ1n) is 1.62. The minimum absolute atomic E-state index is 0.782. The normalized spacial score (nSPS) is 13.4. The van der Waals surface area contributed by atoms with Crippen LogP contribution in [0.5, 0.6) is 0 Å². The molecule has 0 rings (SSSR count). The van der Waals surface area contributed by atoms with E-state index in [1.54, 1.807) is 0 Å². The van der Waals surface area contributed by atoms with Gasteiger partial charge in [0.1, 0.15) is 0 Å². The van der Waals surface area contributed by atoms with Gasteiger partial charge in [-0.2, -0.15) is 0 Å². The fourth-order valence-electron chi connectivity index (χ4n) is 0.0821. The highest BCUT2D eigenvalue weighted by molar-refractivity contribution is 7.13. The largest absolute Gasteiger partial charge is 0.370 e. The van der Waals surface area contributed by atoms with Crippen LogP contribution in [0, 0.1) is 0 Å². The number of primary amides is 1. The standard InChI is InChI=1S/C2H7N2O2P/c3-1(5)2(6)4-7/h2,4,6H,7H2,(H2,3,5)/t2-/m0/s1. The highest BCUT2D eigenvalue weighted by Gasteiger charge is 2.03. The summed E-state index contributed by atoms with van der Waals surface area (Å²) in [6.45, 7) is 0. The maximum absolute atomic E-state index is 9.83. The number of nitrogens with one attached hydrogen (secondary N) is 1. The van der Waals surface area contributed by atoms with Crippen LogP contribution in [0.25, 0.3) is 0 Å². The molecule has 0 bridgehead atoms. The number of carbonyl (C=O) groups excluding carboxylic acids is 1. The first-order chi connectivity index (χ1) is 3.18. The second-order valence-corrected chi connectivity index (χ2v) is 1.30. The van der Waals surface area contributed by atoms with Gasteiger partial charge in [0, 0.05) is 0 Å². The summed E-state index contributed by atoms with van der Waals surface area (Å²) < 4.78 is 0. The quantitative estimate of drug-likeness (QED) is 0.298. The van der Waals surface area contributed by atoms with Crippen molar-refractivity contribution in [3.8, 4) is 0 Å². The Balaban J connectivity index is 3.34. The maximum atomic E-state index is 9.83. The summed E-state index contributed by atoms with van der Waals surface area (Å²) in [6, 6.07) is 0. The van der Waals surface area contributed by atoms with E-state index < -0.39 is 12.1 Å². The van der Waals surface area contributed by atoms with Crippen molar-refractivity contribution in [3.05, 3.63) is 0 Å². The molecule has 0 aromatic heterocycles. The van der Waals surface area contributed by atoms with Crippen molar-refractivity contribution >= 4 is 15.3 Å². The lowest BCUT2D eigenvalue weighted by Gasteiger charge is -1.99. The van der Waals surface area contributed by atoms with Crippen molar-refractivity contribution in [2.45, 2.75) is 6.23 Å². The van der Waals surface area contributed by atoms with Gasteiger partial charge in [0.2, 0.25) is 0 Å². The van der Waals surface area contributed by atoms with Crippen LogP contribution in [-0.2, 0) is 4.79 Å². The molecule has 0 heterocycles. The second-order valence-electron chi connectivity index (χ2n) is 0.972. The average Bonchev–Trinajstić information content (AvgIpc) is 1.65. The first-order valence-corrected chi connectivity index (χ1v) is 2.19. The molecule has 0 spiro atoms. The lowest BCUT2D eigenvalue weighted by Crippen LogP contribution is -2.35. The molecule has 0 aliphatic rings. The molecule has 0 aromatic carbocycles. The van der Waals surface area contributed by atoms with Crippen LogP contribution in [0.1, 0.15) is 0 Å². The summed E-state index contributed by atoms with van der Waals surface area (Å²) in [5.74, 6) is -0.782. The number of nitrogens with two attached hydrogens (primary N) is 1. The molecule has 0 aliphatic carbocycles. The predicted molar refractivity (Wildman–Crippen MR) is 28.0 cm³/mol. The zero-order valence-corrected chi connectivity index (χ0v) is 4.74. The number of aliphatic hydroxyl groups excluding tert-OH is 1. The van der Waals surface area contributed by atoms with Gasteiger partial charge in [-0.1, -0.05) is 9.39 Å². The molecule has 4 N–H and O–H groups in total. The SMILES string of the molecule is NC(=O)[C@H](O)NP. The Morgan fingerprint density at radius 2 is 2.43 bits per heavy atom. The van der Waals surface area contributed by atoms with Gasteiger partial charge in [0.05, 0.1) is 0 Å². The maximum Gasteiger partial charge on any atom is 0.261 e. The summed E-state index contributed by atoms with van der Waals surface area (Å²) in [5, 5.41) is 10.5. The molecule has 0 saturated carbocycles. The van der Waals surface area contributed by atoms with E-state index in [2.05, 4.69) is 10.8 Å². The Kier molecular flexibility index (Phi) is 2.83. The van der Waals surface area contributed by atoms with Crippen LogP contribution in [-0.4, -0.2) is 17.2 Å². The molecule has 2 atom stereocenters. The summed E-state index contributed by atoms with van der Waals surface area (Å²) in [6.07, 6.45) is -1.25. The van der Waals surface area contributed by atoms with Crippen LogP contribution < -0.4 is 10.8 Å². The smallest absolute Gasteiger partial charge is 0.261 e. The molecule has 5 heteroatoms. The van der Waals surface area contributed by atoms with Crippen LogP contribution in [0.4, 0.5) is 0 Å². The number of hydrogen-bond donors (Lipinski definition) is 3. The van der Waals surface area contributed by atoms with E-state index in [4.69, 9.17) is 5.11 Å². The molecular formula is C2H7N2O2P. The molecule has 1 unspecified atom stereocenters. The highest BCUT2D eigenvalue weighted by atomic mass is 31.0. The number of aliphatic hydroxyl groups is 1. The van der Waals surface area contributed by atoms with E-state index in [9.17, 15) is 4.79 Å². The van der Waals surface area contributed by atoms with Gasteiger partial charge in [-0.25, -0.2) is 0 Å². The van der Waals surface area contributed by atoms with Crippen LogP contribution >= 0.6 is 9.39 Å². The Labute approximate surface area is 43.3 Å². The Bertz CT molecular complexity index is 76.1. The van der Waals surface area contributed by atoms with Crippen molar-refractivity contribution in [2.75, 3.05) is 0 Å². The van der Waals surface area contributed by atoms with Gasteiger partial charge >= 0.3 is 0 Å². The molecule has 7 heavy (non-hydrogen) atoms. The summed E-state index contributed by atoms with van der Waals surface area (Å²) in [7, 11) is 1.96. The van der Waals surface area contributed by atoms with Gasteiger partial charge in [0.15, 0.2) is 6.23 Å². The van der Waals surface area contributed by atoms with Gasteiger partial charge in [-0.05, 0) is 0 Å². The van der Waals surface area contributed by atoms with E-state index in [1.807, 2.05) is 9.39 Å². The fraction of sp³-hybridized carbons (Fsp3) is 0.500. The Morgan fingerprint density at radius 3 is 2.43 bits per heavy atom. The highest BCUT2D eigenvalue weighted by Crippen LogP contribution is 1.75. The van der Waals surface area contributed by atoms with Crippen molar-refractivity contribution in [3.63, 3.8) is 0 Å². The number of amides is 1. The second kappa shape index (κ2) is 2.91. The number of carbonyl (C=O) groups is 1. The third-order valence-corrected chi connectivity index (χ3v) is 0.743. The van der Waals surface area contributed by atoms with Gasteiger partial charge in [-0.3, -0.25) is 9.88 Å². The van der Waals surface area contributed by atoms with E-state index in [0.29, 0.717) is 0 Å². The molecule has 0 radical (unpaired) electrons. The monoisotopic (exact) mass is 122 g/mol. The van der Waals surface area contributed by atoms with Gasteiger partial charge in [-0.15, -0.1) is 0 Å². The van der Waals surface area contributed by atoms with Crippen LogP contribution in [0.3, 0.4) is 0 Å². The molecular weight excluding hydrogens is 115 g/mol. The molecule has 4 nitrogen and oxygen atoms in total. The van der Waals surface area contributed by atoms with Crippen molar-refractivity contribution in [1.29, 1.82) is 0 Å². The zero-order valence-electron chi connectivity index (χ0n) is 3.59. The lowest BCUT2D eigenvalue weighted by molar-refractivity contribution is -0.126. The first kappa shape index (κ1) is 6.82. The van der Waals surface area contributed by atoms with Crippen LogP contribution in [0.15, 0.2) is 0 Å². The molecule has 0 aromatic rings. The van der Waals surface area contributed by atoms with E-state index in [-0.39, 0.29) is 0 Å².